The molecule has 0 radical (unpaired) electrons. The van der Waals surface area contributed by atoms with Gasteiger partial charge in [0.05, 0.1) is 17.2 Å². The first kappa shape index (κ1) is 14.2. The highest BCUT2D eigenvalue weighted by molar-refractivity contribution is 7.98. The van der Waals surface area contributed by atoms with E-state index >= 15 is 0 Å². The highest BCUT2D eigenvalue weighted by Crippen LogP contribution is 2.25. The molecule has 3 heterocycles. The fourth-order valence-electron chi connectivity index (χ4n) is 1.84. The lowest BCUT2D eigenvalue weighted by Gasteiger charge is -2.04. The number of hydrogen-bond acceptors (Lipinski definition) is 8. The van der Waals surface area contributed by atoms with E-state index in [-0.39, 0.29) is 0 Å². The Morgan fingerprint density at radius 2 is 2.33 bits per heavy atom. The second-order valence-corrected chi connectivity index (χ2v) is 6.02. The van der Waals surface area contributed by atoms with Gasteiger partial charge >= 0.3 is 0 Å². The maximum Gasteiger partial charge on any atom is 0.268 e. The van der Waals surface area contributed by atoms with E-state index in [1.165, 1.54) is 11.8 Å². The maximum atomic E-state index is 5.63. The van der Waals surface area contributed by atoms with Gasteiger partial charge in [-0.15, -0.1) is 21.5 Å². The van der Waals surface area contributed by atoms with Gasteiger partial charge in [0.1, 0.15) is 5.82 Å². The number of hydrogen-bond donors (Lipinski definition) is 1. The van der Waals surface area contributed by atoms with Gasteiger partial charge in [0.2, 0.25) is 0 Å². The number of nitrogens with two attached hydrogens (primary N) is 1. The first-order valence-corrected chi connectivity index (χ1v) is 8.29. The topological polar surface area (TPSA) is 95.7 Å². The van der Waals surface area contributed by atoms with Crippen molar-refractivity contribution >= 4 is 23.1 Å². The van der Waals surface area contributed by atoms with Crippen molar-refractivity contribution in [3.05, 3.63) is 29.2 Å². The predicted octanol–water partition coefficient (Wildman–Crippen LogP) is 2.16. The van der Waals surface area contributed by atoms with Crippen LogP contribution in [0.4, 0.5) is 0 Å². The summed E-state index contributed by atoms with van der Waals surface area (Å²) in [6.07, 6.45) is 0. The van der Waals surface area contributed by atoms with Gasteiger partial charge in [0.25, 0.3) is 5.89 Å². The van der Waals surface area contributed by atoms with E-state index in [2.05, 4.69) is 20.3 Å². The summed E-state index contributed by atoms with van der Waals surface area (Å²) >= 11 is 3.10. The van der Waals surface area contributed by atoms with Crippen LogP contribution in [0.1, 0.15) is 18.6 Å². The molecule has 0 aliphatic heterocycles. The lowest BCUT2D eigenvalue weighted by molar-refractivity contribution is 0.426. The van der Waals surface area contributed by atoms with Crippen LogP contribution in [-0.2, 0) is 18.8 Å². The fourth-order valence-corrected chi connectivity index (χ4v) is 3.35. The number of rotatable bonds is 6. The van der Waals surface area contributed by atoms with Crippen LogP contribution in [0.25, 0.3) is 10.8 Å². The number of nitrogens with zero attached hydrogens (tertiary/aromatic N) is 5. The molecule has 0 aliphatic rings. The molecule has 0 saturated heterocycles. The van der Waals surface area contributed by atoms with E-state index in [0.29, 0.717) is 24.0 Å². The zero-order valence-electron chi connectivity index (χ0n) is 11.4. The lowest BCUT2D eigenvalue weighted by Crippen LogP contribution is -2.08. The molecular weight excluding hydrogens is 308 g/mol. The van der Waals surface area contributed by atoms with Gasteiger partial charge < -0.3 is 14.8 Å². The molecule has 3 aromatic rings. The molecule has 0 spiro atoms. The average Bonchev–Trinajstić information content (AvgIpc) is 3.23. The minimum absolute atomic E-state index is 0.381. The van der Waals surface area contributed by atoms with Crippen LogP contribution in [-0.4, -0.2) is 24.9 Å². The van der Waals surface area contributed by atoms with E-state index in [0.717, 1.165) is 22.4 Å². The van der Waals surface area contributed by atoms with Crippen molar-refractivity contribution in [2.24, 2.45) is 5.73 Å². The van der Waals surface area contributed by atoms with Crippen LogP contribution < -0.4 is 5.73 Å². The summed E-state index contributed by atoms with van der Waals surface area (Å²) < 4.78 is 7.24. The monoisotopic (exact) mass is 322 g/mol. The predicted molar refractivity (Wildman–Crippen MR) is 80.8 cm³/mol. The Hall–Kier alpha value is -1.71. The van der Waals surface area contributed by atoms with E-state index in [1.54, 1.807) is 11.3 Å². The molecule has 0 bridgehead atoms. The van der Waals surface area contributed by atoms with E-state index in [1.807, 2.05) is 29.0 Å². The lowest BCUT2D eigenvalue weighted by atomic mass is 10.5. The third-order valence-electron chi connectivity index (χ3n) is 2.82. The molecule has 0 saturated carbocycles. The molecule has 2 N–H and O–H groups in total. The normalized spacial score (nSPS) is 11.1. The highest BCUT2D eigenvalue weighted by atomic mass is 32.2. The van der Waals surface area contributed by atoms with Crippen molar-refractivity contribution in [1.82, 2.24) is 24.9 Å². The minimum Gasteiger partial charge on any atom is -0.333 e. The van der Waals surface area contributed by atoms with Crippen molar-refractivity contribution in [2.45, 2.75) is 30.9 Å². The first-order chi connectivity index (χ1) is 10.3. The van der Waals surface area contributed by atoms with Gasteiger partial charge in [-0.2, -0.15) is 4.98 Å². The SMILES string of the molecule is CCn1c(CN)nnc1SCc1noc(-c2cccs2)n1. The summed E-state index contributed by atoms with van der Waals surface area (Å²) in [5.74, 6) is 2.56. The molecule has 110 valence electrons. The Morgan fingerprint density at radius 3 is 3.05 bits per heavy atom. The van der Waals surface area contributed by atoms with Gasteiger partial charge in [-0.25, -0.2) is 0 Å². The standard InChI is InChI=1S/C12H14N6OS2/c1-2-18-10(6-13)15-16-12(18)21-7-9-14-11(19-17-9)8-4-3-5-20-8/h3-5H,2,6-7,13H2,1H3. The summed E-state index contributed by atoms with van der Waals surface area (Å²) in [7, 11) is 0. The van der Waals surface area contributed by atoms with Crippen molar-refractivity contribution in [3.63, 3.8) is 0 Å². The Kier molecular flexibility index (Phi) is 4.32. The summed E-state index contributed by atoms with van der Waals surface area (Å²) in [4.78, 5) is 5.35. The quantitative estimate of drug-likeness (QED) is 0.695. The van der Waals surface area contributed by atoms with Crippen LogP contribution in [0.5, 0.6) is 0 Å². The first-order valence-electron chi connectivity index (χ1n) is 6.43. The number of thiophene rings is 1. The summed E-state index contributed by atoms with van der Waals surface area (Å²) in [6, 6.07) is 3.91. The van der Waals surface area contributed by atoms with Crippen LogP contribution in [0.2, 0.25) is 0 Å². The average molecular weight is 322 g/mol. The van der Waals surface area contributed by atoms with Gasteiger partial charge in [-0.05, 0) is 18.4 Å². The Morgan fingerprint density at radius 1 is 1.43 bits per heavy atom. The molecule has 3 aromatic heterocycles. The van der Waals surface area contributed by atoms with Crippen LogP contribution in [0.3, 0.4) is 0 Å². The summed E-state index contributed by atoms with van der Waals surface area (Å²) in [5, 5.41) is 15.0. The fraction of sp³-hybridized carbons (Fsp3) is 0.333. The van der Waals surface area contributed by atoms with Crippen molar-refractivity contribution in [1.29, 1.82) is 0 Å². The van der Waals surface area contributed by atoms with E-state index in [9.17, 15) is 0 Å². The second kappa shape index (κ2) is 6.37. The molecule has 0 fully saturated rings. The third kappa shape index (κ3) is 2.99. The number of aromatic nitrogens is 5. The Labute approximate surface area is 129 Å². The van der Waals surface area contributed by atoms with Gasteiger partial charge in [0.15, 0.2) is 11.0 Å². The van der Waals surface area contributed by atoms with E-state index in [4.69, 9.17) is 10.3 Å². The zero-order valence-corrected chi connectivity index (χ0v) is 13.0. The van der Waals surface area contributed by atoms with Crippen molar-refractivity contribution < 1.29 is 4.52 Å². The van der Waals surface area contributed by atoms with Crippen LogP contribution >= 0.6 is 23.1 Å². The van der Waals surface area contributed by atoms with Gasteiger partial charge in [-0.1, -0.05) is 23.0 Å². The highest BCUT2D eigenvalue weighted by Gasteiger charge is 2.13. The molecule has 0 aliphatic carbocycles. The minimum atomic E-state index is 0.381. The molecular formula is C12H14N6OS2. The third-order valence-corrected chi connectivity index (χ3v) is 4.64. The second-order valence-electron chi connectivity index (χ2n) is 4.13. The number of thioether (sulfide) groups is 1. The summed E-state index contributed by atoms with van der Waals surface area (Å²) in [6.45, 7) is 3.20. The molecule has 0 aromatic carbocycles. The molecule has 7 nitrogen and oxygen atoms in total. The van der Waals surface area contributed by atoms with Crippen LogP contribution in [0.15, 0.2) is 27.2 Å². The molecule has 0 unspecified atom stereocenters. The smallest absolute Gasteiger partial charge is 0.268 e. The molecule has 0 atom stereocenters. The molecule has 9 heteroatoms. The molecule has 0 amide bonds. The molecule has 3 rings (SSSR count). The van der Waals surface area contributed by atoms with E-state index < -0.39 is 0 Å². The zero-order chi connectivity index (χ0) is 14.7. The van der Waals surface area contributed by atoms with Crippen molar-refractivity contribution in [3.8, 4) is 10.8 Å². The van der Waals surface area contributed by atoms with Gasteiger partial charge in [0, 0.05) is 6.54 Å². The van der Waals surface area contributed by atoms with Gasteiger partial charge in [-0.3, -0.25) is 0 Å². The Bertz CT molecular complexity index is 705. The summed E-state index contributed by atoms with van der Waals surface area (Å²) in [5.41, 5.74) is 5.63. The maximum absolute atomic E-state index is 5.63. The molecule has 21 heavy (non-hydrogen) atoms. The van der Waals surface area contributed by atoms with Crippen LogP contribution in [0, 0.1) is 0 Å². The Balaban J connectivity index is 1.69. The largest absolute Gasteiger partial charge is 0.333 e. The van der Waals surface area contributed by atoms with Crippen molar-refractivity contribution in [2.75, 3.05) is 0 Å².